The summed E-state index contributed by atoms with van der Waals surface area (Å²) in [4.78, 5) is 0. The average Bonchev–Trinajstić information content (AvgIpc) is 3.14. The molecule has 15 heteroatoms. The van der Waals surface area contributed by atoms with Crippen LogP contribution in [0.5, 0.6) is 28.7 Å². The van der Waals surface area contributed by atoms with E-state index in [0.29, 0.717) is 42.4 Å². The first-order chi connectivity index (χ1) is 25.6. The molecule has 53 heavy (non-hydrogen) atoms. The molecule has 1 fully saturated rings. The number of hydrogen-bond donors (Lipinski definition) is 9. The second kappa shape index (κ2) is 22.4. The van der Waals surface area contributed by atoms with Crippen molar-refractivity contribution in [1.82, 2.24) is 5.32 Å². The van der Waals surface area contributed by atoms with E-state index < -0.39 is 37.8 Å². The summed E-state index contributed by atoms with van der Waals surface area (Å²) in [5.74, 6) is 0.647. The van der Waals surface area contributed by atoms with Crippen molar-refractivity contribution in [1.29, 1.82) is 0 Å². The Morgan fingerprint density at radius 2 is 1.62 bits per heavy atom. The number of aliphatic hydroxyl groups excluding tert-OH is 6. The molecule has 0 saturated heterocycles. The molecule has 1 saturated carbocycles. The summed E-state index contributed by atoms with van der Waals surface area (Å²) >= 11 is 0. The number of rotatable bonds is 16. The van der Waals surface area contributed by atoms with Crippen molar-refractivity contribution >= 4 is 21.6 Å². The lowest BCUT2D eigenvalue weighted by Crippen LogP contribution is -2.38. The van der Waals surface area contributed by atoms with Gasteiger partial charge in [0, 0.05) is 30.1 Å². The van der Waals surface area contributed by atoms with Gasteiger partial charge in [-0.25, -0.2) is 0 Å². The molecular weight excluding hydrogens is 727 g/mol. The van der Waals surface area contributed by atoms with Crippen LogP contribution < -0.4 is 19.5 Å². The fourth-order valence-electron chi connectivity index (χ4n) is 7.76. The number of aromatic hydroxyl groups is 2. The summed E-state index contributed by atoms with van der Waals surface area (Å²) < 4.78 is 22.7. The van der Waals surface area contributed by atoms with E-state index >= 15 is 0 Å². The minimum atomic E-state index is -1.06. The third-order valence-electron chi connectivity index (χ3n) is 10.5. The molecule has 2 aromatic carbocycles. The zero-order chi connectivity index (χ0) is 38.3. The lowest BCUT2D eigenvalue weighted by atomic mass is 9.75. The quantitative estimate of drug-likeness (QED) is 0.0879. The van der Waals surface area contributed by atoms with E-state index in [-0.39, 0.29) is 66.2 Å². The summed E-state index contributed by atoms with van der Waals surface area (Å²) in [5, 5.41) is 86.7. The Bertz CT molecular complexity index is 1390. The molecule has 1 heterocycles. The van der Waals surface area contributed by atoms with Crippen LogP contribution in [0.2, 0.25) is 0 Å². The van der Waals surface area contributed by atoms with E-state index in [2.05, 4.69) is 5.32 Å². The molecule has 0 bridgehead atoms. The molecular formula is C38H59NO12S2. The molecule has 0 radical (unpaired) electrons. The van der Waals surface area contributed by atoms with E-state index in [1.807, 2.05) is 13.1 Å². The molecule has 0 aromatic heterocycles. The van der Waals surface area contributed by atoms with Crippen LogP contribution in [0.3, 0.4) is 0 Å². The Labute approximate surface area is 320 Å². The fraction of sp³-hybridized carbons (Fsp3) is 0.684. The summed E-state index contributed by atoms with van der Waals surface area (Å²) in [6.07, 6.45) is 3.10. The molecule has 8 atom stereocenters. The highest BCUT2D eigenvalue weighted by molar-refractivity contribution is 8.76. The first kappa shape index (κ1) is 43.5. The van der Waals surface area contributed by atoms with Crippen LogP contribution >= 0.6 is 21.6 Å². The molecule has 4 rings (SSSR count). The fourth-order valence-corrected chi connectivity index (χ4v) is 10.7. The minimum absolute atomic E-state index is 0.00101. The topological polar surface area (TPSA) is 211 Å². The summed E-state index contributed by atoms with van der Waals surface area (Å²) in [6, 6.07) is 6.71. The van der Waals surface area contributed by atoms with E-state index in [4.69, 9.17) is 18.9 Å². The van der Waals surface area contributed by atoms with Crippen molar-refractivity contribution in [3.63, 3.8) is 0 Å². The van der Waals surface area contributed by atoms with Crippen molar-refractivity contribution in [2.24, 2.45) is 17.8 Å². The number of phenols is 2. The first-order valence-corrected chi connectivity index (χ1v) is 20.9. The molecule has 2 aromatic rings. The second-order valence-electron chi connectivity index (χ2n) is 14.0. The number of nitrogens with one attached hydrogen (secondary N) is 1. The number of aliphatic hydroxyl groups is 6. The lowest BCUT2D eigenvalue weighted by Gasteiger charge is -2.36. The Hall–Kier alpha value is -2.18. The lowest BCUT2D eigenvalue weighted by molar-refractivity contribution is -0.0808. The number of methoxy groups -OCH3 is 1. The molecule has 0 amide bonds. The SMILES string of the molecule is CNC[C@@H]1CC[C@@H](Oc2cc3c(cc2O)[C@H](CCO)SSC[C@@H](O)[C@@H](Cc2cc(OC)c(O)c(OCO)c2)[C@H](O)C[C@@H](OCO)CC3)C[C@H]1CCCO. The van der Waals surface area contributed by atoms with Gasteiger partial charge in [0.1, 0.15) is 6.79 Å². The van der Waals surface area contributed by atoms with Crippen LogP contribution in [0.15, 0.2) is 24.3 Å². The maximum atomic E-state index is 11.6. The Kier molecular flexibility index (Phi) is 18.4. The normalized spacial score (nSPS) is 27.2. The zero-order valence-electron chi connectivity index (χ0n) is 30.8. The Morgan fingerprint density at radius 1 is 0.830 bits per heavy atom. The molecule has 0 spiro atoms. The van der Waals surface area contributed by atoms with Gasteiger partial charge in [-0.3, -0.25) is 0 Å². The molecule has 1 aliphatic carbocycles. The number of aryl methyl sites for hydroxylation is 1. The van der Waals surface area contributed by atoms with Gasteiger partial charge >= 0.3 is 0 Å². The third-order valence-corrected chi connectivity index (χ3v) is 13.4. The van der Waals surface area contributed by atoms with Crippen LogP contribution in [0.1, 0.15) is 73.3 Å². The van der Waals surface area contributed by atoms with Gasteiger partial charge in [0.05, 0.1) is 31.5 Å². The van der Waals surface area contributed by atoms with Crippen LogP contribution in [-0.4, -0.2) is 119 Å². The molecule has 1 aliphatic heterocycles. The van der Waals surface area contributed by atoms with Gasteiger partial charge in [-0.1, -0.05) is 21.6 Å². The molecule has 13 nitrogen and oxygen atoms in total. The van der Waals surface area contributed by atoms with Crippen LogP contribution in [0, 0.1) is 17.8 Å². The van der Waals surface area contributed by atoms with Gasteiger partial charge in [0.15, 0.2) is 29.8 Å². The number of fused-ring (bicyclic) bond motifs is 1. The predicted octanol–water partition coefficient (Wildman–Crippen LogP) is 3.65. The summed E-state index contributed by atoms with van der Waals surface area (Å²) in [5.41, 5.74) is 2.33. The number of phenolic OH excluding ortho intramolecular Hbond substituents is 2. The van der Waals surface area contributed by atoms with Crippen LogP contribution in [-0.2, 0) is 17.6 Å². The van der Waals surface area contributed by atoms with Gasteiger partial charge in [-0.2, -0.15) is 0 Å². The van der Waals surface area contributed by atoms with Gasteiger partial charge < -0.3 is 65.1 Å². The molecule has 0 unspecified atom stereocenters. The standard InChI is InChI=1S/C38H59NO12S2/c1-39-19-26-6-8-28(15-24(26)4-3-10-40)51-34-16-25-5-7-27(49-21-42)17-31(44)30(12-23-13-35(48-2)38(47)36(14-23)50-22-43)33(46)20-52-53-37(9-11-41)29(25)18-32(34)45/h13-14,16,18,24,26-28,30-31,33,37,39-47H,3-12,15,17,19-22H2,1-2H3/t24-,26+,27+,28-,30+,31-,33-,37+/m1/s1. The van der Waals surface area contributed by atoms with Gasteiger partial charge in [-0.15, -0.1) is 0 Å². The monoisotopic (exact) mass is 785 g/mol. The number of benzene rings is 2. The summed E-state index contributed by atoms with van der Waals surface area (Å²) in [6.45, 7) is -0.272. The highest BCUT2D eigenvalue weighted by atomic mass is 33.1. The smallest absolute Gasteiger partial charge is 0.200 e. The van der Waals surface area contributed by atoms with Crippen molar-refractivity contribution in [3.8, 4) is 28.7 Å². The van der Waals surface area contributed by atoms with E-state index in [9.17, 15) is 40.9 Å². The van der Waals surface area contributed by atoms with Gasteiger partial charge in [0.2, 0.25) is 5.75 Å². The van der Waals surface area contributed by atoms with Crippen molar-refractivity contribution < 1.29 is 59.8 Å². The highest BCUT2D eigenvalue weighted by Crippen LogP contribution is 2.47. The van der Waals surface area contributed by atoms with Gasteiger partial charge in [-0.05, 0) is 131 Å². The minimum Gasteiger partial charge on any atom is -0.504 e. The van der Waals surface area contributed by atoms with Crippen LogP contribution in [0.25, 0.3) is 0 Å². The second-order valence-corrected chi connectivity index (χ2v) is 16.6. The first-order valence-electron chi connectivity index (χ1n) is 18.5. The predicted molar refractivity (Wildman–Crippen MR) is 205 cm³/mol. The molecule has 9 N–H and O–H groups in total. The Balaban J connectivity index is 1.61. The maximum absolute atomic E-state index is 11.6. The highest BCUT2D eigenvalue weighted by Gasteiger charge is 2.34. The van der Waals surface area contributed by atoms with E-state index in [1.165, 1.54) is 34.8 Å². The Morgan fingerprint density at radius 3 is 2.32 bits per heavy atom. The maximum Gasteiger partial charge on any atom is 0.200 e. The molecule has 300 valence electrons. The van der Waals surface area contributed by atoms with Crippen LogP contribution in [0.4, 0.5) is 0 Å². The van der Waals surface area contributed by atoms with Crippen molar-refractivity contribution in [2.45, 2.75) is 93.9 Å². The summed E-state index contributed by atoms with van der Waals surface area (Å²) in [7, 11) is 6.23. The number of hydrogen-bond acceptors (Lipinski definition) is 15. The average molecular weight is 786 g/mol. The van der Waals surface area contributed by atoms with Crippen molar-refractivity contribution in [2.75, 3.05) is 53.3 Å². The largest absolute Gasteiger partial charge is 0.504 e. The van der Waals surface area contributed by atoms with Gasteiger partial charge in [0.25, 0.3) is 0 Å². The number of ether oxygens (including phenoxy) is 4. The zero-order valence-corrected chi connectivity index (χ0v) is 32.4. The third kappa shape index (κ3) is 12.4. The van der Waals surface area contributed by atoms with E-state index in [0.717, 1.165) is 49.8 Å². The van der Waals surface area contributed by atoms with Crippen molar-refractivity contribution in [3.05, 3.63) is 41.0 Å². The van der Waals surface area contributed by atoms with E-state index in [1.54, 1.807) is 12.1 Å². The molecule has 2 aliphatic rings.